The van der Waals surface area contributed by atoms with Gasteiger partial charge in [0.1, 0.15) is 6.54 Å². The first-order chi connectivity index (χ1) is 11.9. The Hall–Kier alpha value is -3.16. The lowest BCUT2D eigenvalue weighted by Gasteiger charge is -2.09. The van der Waals surface area contributed by atoms with Crippen molar-refractivity contribution in [3.05, 3.63) is 57.0 Å². The third-order valence-corrected chi connectivity index (χ3v) is 4.15. The standard InChI is InChI=1S/C17H19N5O3/c1-4-11-5-7-12(8-6-11)19-13(23)9-22-16(24)14-15(18-10-20(14)2)21(3)17(22)25/h5-8,10H,4,9H2,1-3H3,(H,19,23). The number of aromatic nitrogens is 4. The van der Waals surface area contributed by atoms with Crippen LogP contribution in [0.3, 0.4) is 0 Å². The second-order valence-electron chi connectivity index (χ2n) is 5.86. The molecule has 1 aromatic carbocycles. The van der Waals surface area contributed by atoms with Crippen molar-refractivity contribution in [2.45, 2.75) is 19.9 Å². The molecule has 0 saturated carbocycles. The summed E-state index contributed by atoms with van der Waals surface area (Å²) in [5, 5.41) is 2.70. The van der Waals surface area contributed by atoms with E-state index in [0.717, 1.165) is 16.6 Å². The number of rotatable bonds is 4. The largest absolute Gasteiger partial charge is 0.332 e. The first kappa shape index (κ1) is 16.7. The summed E-state index contributed by atoms with van der Waals surface area (Å²) in [7, 11) is 3.19. The highest BCUT2D eigenvalue weighted by Gasteiger charge is 2.16. The third kappa shape index (κ3) is 2.98. The quantitative estimate of drug-likeness (QED) is 0.754. The van der Waals surface area contributed by atoms with E-state index in [9.17, 15) is 14.4 Å². The van der Waals surface area contributed by atoms with Crippen molar-refractivity contribution in [3.8, 4) is 0 Å². The minimum atomic E-state index is -0.576. The van der Waals surface area contributed by atoms with E-state index in [0.29, 0.717) is 11.3 Å². The lowest BCUT2D eigenvalue weighted by Crippen LogP contribution is -2.42. The normalized spacial score (nSPS) is 11.0. The van der Waals surface area contributed by atoms with Crippen molar-refractivity contribution in [2.24, 2.45) is 14.1 Å². The van der Waals surface area contributed by atoms with Crippen LogP contribution in [0.1, 0.15) is 12.5 Å². The fraction of sp³-hybridized carbons (Fsp3) is 0.294. The molecule has 1 N–H and O–H groups in total. The number of benzene rings is 1. The molecule has 130 valence electrons. The summed E-state index contributed by atoms with van der Waals surface area (Å²) in [6.45, 7) is 1.69. The Morgan fingerprint density at radius 2 is 1.84 bits per heavy atom. The second-order valence-corrected chi connectivity index (χ2v) is 5.86. The molecule has 0 aliphatic heterocycles. The van der Waals surface area contributed by atoms with Gasteiger partial charge in [-0.1, -0.05) is 19.1 Å². The van der Waals surface area contributed by atoms with E-state index in [1.165, 1.54) is 22.5 Å². The average Bonchev–Trinajstić information content (AvgIpc) is 2.99. The molecule has 0 aliphatic carbocycles. The van der Waals surface area contributed by atoms with Gasteiger partial charge < -0.3 is 9.88 Å². The molecule has 0 saturated heterocycles. The van der Waals surface area contributed by atoms with Crippen molar-refractivity contribution in [3.63, 3.8) is 0 Å². The molecule has 0 spiro atoms. The van der Waals surface area contributed by atoms with Crippen LogP contribution < -0.4 is 16.6 Å². The van der Waals surface area contributed by atoms with Crippen molar-refractivity contribution in [1.82, 2.24) is 18.7 Å². The summed E-state index contributed by atoms with van der Waals surface area (Å²) in [6.07, 6.45) is 2.37. The number of fused-ring (bicyclic) bond motifs is 1. The molecule has 0 aliphatic rings. The highest BCUT2D eigenvalue weighted by Crippen LogP contribution is 2.10. The first-order valence-electron chi connectivity index (χ1n) is 7.92. The molecular weight excluding hydrogens is 322 g/mol. The highest BCUT2D eigenvalue weighted by molar-refractivity contribution is 5.90. The summed E-state index contributed by atoms with van der Waals surface area (Å²) in [5.41, 5.74) is 1.24. The fourth-order valence-corrected chi connectivity index (χ4v) is 2.70. The number of hydrogen-bond acceptors (Lipinski definition) is 4. The number of imidazole rings is 1. The van der Waals surface area contributed by atoms with Crippen molar-refractivity contribution >= 4 is 22.8 Å². The Labute approximate surface area is 143 Å². The lowest BCUT2D eigenvalue weighted by atomic mass is 10.1. The van der Waals surface area contributed by atoms with Crippen LogP contribution in [0.15, 0.2) is 40.2 Å². The van der Waals surface area contributed by atoms with Crippen LogP contribution in [0, 0.1) is 0 Å². The van der Waals surface area contributed by atoms with Gasteiger partial charge in [0.05, 0.1) is 6.33 Å². The van der Waals surface area contributed by atoms with E-state index in [4.69, 9.17) is 0 Å². The molecule has 0 unspecified atom stereocenters. The smallest absolute Gasteiger partial charge is 0.328 e. The molecule has 25 heavy (non-hydrogen) atoms. The predicted octanol–water partition coefficient (Wildman–Crippen LogP) is 0.635. The summed E-state index contributed by atoms with van der Waals surface area (Å²) >= 11 is 0. The molecule has 8 heteroatoms. The van der Waals surface area contributed by atoms with Gasteiger partial charge in [-0.05, 0) is 24.1 Å². The van der Waals surface area contributed by atoms with Crippen LogP contribution in [0.5, 0.6) is 0 Å². The van der Waals surface area contributed by atoms with Crippen molar-refractivity contribution in [2.75, 3.05) is 5.32 Å². The van der Waals surface area contributed by atoms with Gasteiger partial charge in [0.2, 0.25) is 5.91 Å². The SMILES string of the molecule is CCc1ccc(NC(=O)Cn2c(=O)c3c(ncn3C)n(C)c2=O)cc1. The van der Waals surface area contributed by atoms with Gasteiger partial charge in [-0.25, -0.2) is 14.3 Å². The third-order valence-electron chi connectivity index (χ3n) is 4.15. The van der Waals surface area contributed by atoms with Gasteiger partial charge >= 0.3 is 5.69 Å². The zero-order valence-electron chi connectivity index (χ0n) is 14.3. The average molecular weight is 341 g/mol. The number of nitrogens with zero attached hydrogens (tertiary/aromatic N) is 4. The Bertz CT molecular complexity index is 1060. The van der Waals surface area contributed by atoms with E-state index in [-0.39, 0.29) is 12.1 Å². The monoisotopic (exact) mass is 341 g/mol. The highest BCUT2D eigenvalue weighted by atomic mass is 16.2. The molecule has 2 heterocycles. The summed E-state index contributed by atoms with van der Waals surface area (Å²) in [6, 6.07) is 7.43. The Balaban J connectivity index is 1.92. The van der Waals surface area contributed by atoms with Gasteiger partial charge in [0.15, 0.2) is 11.2 Å². The number of carbonyl (C=O) groups is 1. The minimum Gasteiger partial charge on any atom is -0.328 e. The van der Waals surface area contributed by atoms with Gasteiger partial charge in [-0.3, -0.25) is 14.2 Å². The van der Waals surface area contributed by atoms with Gasteiger partial charge in [-0.15, -0.1) is 0 Å². The van der Waals surface area contributed by atoms with E-state index >= 15 is 0 Å². The molecule has 0 atom stereocenters. The Kier molecular flexibility index (Phi) is 4.26. The molecule has 8 nitrogen and oxygen atoms in total. The van der Waals surface area contributed by atoms with Crippen LogP contribution in [0.4, 0.5) is 5.69 Å². The van der Waals surface area contributed by atoms with Crippen LogP contribution in [-0.2, 0) is 31.9 Å². The van der Waals surface area contributed by atoms with Crippen LogP contribution in [0.2, 0.25) is 0 Å². The topological polar surface area (TPSA) is 90.9 Å². The number of amides is 1. The summed E-state index contributed by atoms with van der Waals surface area (Å²) in [5.74, 6) is -0.440. The van der Waals surface area contributed by atoms with E-state index in [1.54, 1.807) is 19.2 Å². The lowest BCUT2D eigenvalue weighted by molar-refractivity contribution is -0.116. The maximum absolute atomic E-state index is 12.6. The van der Waals surface area contributed by atoms with Gasteiger partial charge in [-0.2, -0.15) is 0 Å². The number of aryl methyl sites for hydroxylation is 3. The molecule has 3 aromatic rings. The molecule has 2 aromatic heterocycles. The number of nitrogens with one attached hydrogen (secondary N) is 1. The maximum atomic E-state index is 12.6. The van der Waals surface area contributed by atoms with Crippen LogP contribution in [0.25, 0.3) is 11.2 Å². The van der Waals surface area contributed by atoms with Gasteiger partial charge in [0, 0.05) is 19.8 Å². The zero-order valence-corrected chi connectivity index (χ0v) is 14.3. The zero-order chi connectivity index (χ0) is 18.1. The molecular formula is C17H19N5O3. The summed E-state index contributed by atoms with van der Waals surface area (Å²) < 4.78 is 3.72. The minimum absolute atomic E-state index is 0.280. The van der Waals surface area contributed by atoms with Crippen molar-refractivity contribution < 1.29 is 4.79 Å². The van der Waals surface area contributed by atoms with E-state index in [2.05, 4.69) is 10.3 Å². The van der Waals surface area contributed by atoms with Crippen LogP contribution in [-0.4, -0.2) is 24.6 Å². The fourth-order valence-electron chi connectivity index (χ4n) is 2.70. The summed E-state index contributed by atoms with van der Waals surface area (Å²) in [4.78, 5) is 41.3. The molecule has 1 amide bonds. The first-order valence-corrected chi connectivity index (χ1v) is 7.92. The van der Waals surface area contributed by atoms with E-state index < -0.39 is 17.2 Å². The molecule has 3 rings (SSSR count). The maximum Gasteiger partial charge on any atom is 0.332 e. The number of hydrogen-bond donors (Lipinski definition) is 1. The van der Waals surface area contributed by atoms with E-state index in [1.807, 2.05) is 19.1 Å². The molecule has 0 bridgehead atoms. The number of carbonyl (C=O) groups excluding carboxylic acids is 1. The Morgan fingerprint density at radius 1 is 1.16 bits per heavy atom. The van der Waals surface area contributed by atoms with Gasteiger partial charge in [0.25, 0.3) is 5.56 Å². The van der Waals surface area contributed by atoms with Crippen molar-refractivity contribution in [1.29, 1.82) is 0 Å². The molecule has 0 radical (unpaired) electrons. The molecule has 0 fully saturated rings. The van der Waals surface area contributed by atoms with Crippen LogP contribution >= 0.6 is 0 Å². The predicted molar refractivity (Wildman–Crippen MR) is 94.7 cm³/mol. The second kappa shape index (κ2) is 6.39. The Morgan fingerprint density at radius 3 is 2.48 bits per heavy atom. The number of anilines is 1.